The number of aliphatic carboxylic acids is 3. The number of carbonyl (C=O) groups is 5. The van der Waals surface area contributed by atoms with E-state index in [0.717, 1.165) is 10.8 Å². The lowest BCUT2D eigenvalue weighted by molar-refractivity contribution is -0.140. The number of pyridine rings is 2. The number of carbonyl (C=O) groups excluding carboxylic acids is 2. The van der Waals surface area contributed by atoms with Crippen molar-refractivity contribution in [2.75, 3.05) is 69.5 Å². The molecule has 0 radical (unpaired) electrons. The maximum atomic E-state index is 12.9. The summed E-state index contributed by atoms with van der Waals surface area (Å²) < 4.78 is 0. The van der Waals surface area contributed by atoms with Crippen LogP contribution in [0.3, 0.4) is 0 Å². The summed E-state index contributed by atoms with van der Waals surface area (Å²) in [4.78, 5) is 73.4. The van der Waals surface area contributed by atoms with Gasteiger partial charge < -0.3 is 26.0 Å². The fourth-order valence-electron chi connectivity index (χ4n) is 5.03. The molecular weight excluding hydrogens is 610 g/mol. The van der Waals surface area contributed by atoms with Crippen molar-refractivity contribution in [2.45, 2.75) is 0 Å². The number of aromatic nitrogens is 2. The zero-order valence-corrected chi connectivity index (χ0v) is 25.4. The van der Waals surface area contributed by atoms with Crippen LogP contribution in [0.1, 0.15) is 0 Å². The molecule has 47 heavy (non-hydrogen) atoms. The largest absolute Gasteiger partial charge is 0.480 e. The molecule has 0 bridgehead atoms. The smallest absolute Gasteiger partial charge is 0.317 e. The monoisotopic (exact) mass is 645 g/mol. The Morgan fingerprint density at radius 2 is 0.872 bits per heavy atom. The third-order valence-corrected chi connectivity index (χ3v) is 7.09. The van der Waals surface area contributed by atoms with Crippen molar-refractivity contribution >= 4 is 62.9 Å². The van der Waals surface area contributed by atoms with Gasteiger partial charge >= 0.3 is 17.9 Å². The van der Waals surface area contributed by atoms with Crippen molar-refractivity contribution in [3.63, 3.8) is 0 Å². The minimum atomic E-state index is -1.17. The molecule has 0 unspecified atom stereocenters. The molecule has 0 spiro atoms. The van der Waals surface area contributed by atoms with Crippen LogP contribution >= 0.6 is 0 Å². The van der Waals surface area contributed by atoms with Gasteiger partial charge in [0.05, 0.1) is 55.1 Å². The number of carboxylic acid groups (broad SMARTS) is 3. The van der Waals surface area contributed by atoms with Crippen LogP contribution in [0.4, 0.5) is 11.4 Å². The first kappa shape index (κ1) is 34.4. The molecule has 0 saturated heterocycles. The van der Waals surface area contributed by atoms with Gasteiger partial charge in [0.2, 0.25) is 11.8 Å². The highest BCUT2D eigenvalue weighted by atomic mass is 16.4. The number of rotatable bonds is 18. The summed E-state index contributed by atoms with van der Waals surface area (Å²) >= 11 is 0. The van der Waals surface area contributed by atoms with Gasteiger partial charge in [0.15, 0.2) is 0 Å². The lowest BCUT2D eigenvalue weighted by atomic mass is 10.2. The highest BCUT2D eigenvalue weighted by Crippen LogP contribution is 2.21. The molecule has 0 fully saturated rings. The quantitative estimate of drug-likeness (QED) is 0.104. The molecule has 4 rings (SSSR count). The van der Waals surface area contributed by atoms with Gasteiger partial charge in [-0.2, -0.15) is 0 Å². The zero-order valence-electron chi connectivity index (χ0n) is 25.4. The van der Waals surface area contributed by atoms with E-state index in [-0.39, 0.29) is 39.3 Å². The minimum Gasteiger partial charge on any atom is -0.480 e. The lowest BCUT2D eigenvalue weighted by Crippen LogP contribution is -2.46. The predicted molar refractivity (Wildman–Crippen MR) is 173 cm³/mol. The molecule has 2 heterocycles. The second-order valence-corrected chi connectivity index (χ2v) is 10.7. The number of amides is 2. The van der Waals surface area contributed by atoms with Gasteiger partial charge in [0.25, 0.3) is 0 Å². The fraction of sp³-hybridized carbons (Fsp3) is 0.281. The Labute approximate surface area is 269 Å². The Morgan fingerprint density at radius 3 is 1.28 bits per heavy atom. The van der Waals surface area contributed by atoms with Crippen LogP contribution in [0, 0.1) is 0 Å². The van der Waals surface area contributed by atoms with E-state index in [9.17, 15) is 39.3 Å². The number of benzene rings is 2. The number of hydrogen-bond acceptors (Lipinski definition) is 10. The molecule has 2 aromatic carbocycles. The minimum absolute atomic E-state index is 0.0221. The van der Waals surface area contributed by atoms with Crippen molar-refractivity contribution in [1.29, 1.82) is 0 Å². The van der Waals surface area contributed by atoms with Crippen molar-refractivity contribution in [3.05, 3.63) is 73.1 Å². The van der Waals surface area contributed by atoms with Crippen molar-refractivity contribution in [1.82, 2.24) is 24.7 Å². The maximum absolute atomic E-state index is 12.9. The summed E-state index contributed by atoms with van der Waals surface area (Å²) in [6, 6.07) is 17.8. The second kappa shape index (κ2) is 16.7. The van der Waals surface area contributed by atoms with E-state index in [1.165, 1.54) is 14.7 Å². The first-order valence-corrected chi connectivity index (χ1v) is 14.7. The van der Waals surface area contributed by atoms with Gasteiger partial charge in [0.1, 0.15) is 0 Å². The van der Waals surface area contributed by atoms with E-state index in [1.54, 1.807) is 48.8 Å². The van der Waals surface area contributed by atoms with E-state index in [0.29, 0.717) is 22.4 Å². The third-order valence-electron chi connectivity index (χ3n) is 7.09. The van der Waals surface area contributed by atoms with Crippen LogP contribution in [0.2, 0.25) is 0 Å². The Kier molecular flexibility index (Phi) is 12.2. The van der Waals surface area contributed by atoms with Crippen molar-refractivity contribution in [3.8, 4) is 0 Å². The summed E-state index contributed by atoms with van der Waals surface area (Å²) in [7, 11) is 0. The average Bonchev–Trinajstić information content (AvgIpc) is 3.01. The second-order valence-electron chi connectivity index (χ2n) is 10.7. The molecule has 5 N–H and O–H groups in total. The van der Waals surface area contributed by atoms with Crippen LogP contribution < -0.4 is 10.6 Å². The molecule has 0 aliphatic rings. The van der Waals surface area contributed by atoms with Crippen molar-refractivity contribution < 1.29 is 39.3 Å². The van der Waals surface area contributed by atoms with E-state index in [1.807, 2.05) is 24.3 Å². The Hall–Kier alpha value is -5.51. The number of carboxylic acids is 3. The number of para-hydroxylation sites is 2. The number of nitrogens with zero attached hydrogens (tertiary/aromatic N) is 5. The molecular formula is C32H35N7O8. The number of fused-ring (bicyclic) bond motifs is 2. The fourth-order valence-corrected chi connectivity index (χ4v) is 5.03. The molecule has 15 nitrogen and oxygen atoms in total. The van der Waals surface area contributed by atoms with Gasteiger partial charge in [-0.1, -0.05) is 36.4 Å². The van der Waals surface area contributed by atoms with E-state index in [4.69, 9.17) is 0 Å². The molecule has 4 aromatic rings. The molecule has 15 heteroatoms. The number of nitrogens with one attached hydrogen (secondary N) is 2. The van der Waals surface area contributed by atoms with Gasteiger partial charge in [0, 0.05) is 49.3 Å². The van der Waals surface area contributed by atoms with Crippen LogP contribution in [-0.2, 0) is 24.0 Å². The standard InChI is InChI=1S/C32H35N7O8/c40-26(35-24-9-1-5-22-7-3-11-33-31(22)24)17-38(20-29(44)45)15-13-37(19-28(42)43)14-16-39(21-30(46)47)18-27(41)36-25-10-2-6-23-8-4-12-34-32(23)25/h1-12H,13-21H2,(H,35,40)(H,36,41)(H,42,43)(H,44,45)(H,46,47). The summed E-state index contributed by atoms with van der Waals surface area (Å²) in [5, 5.41) is 35.6. The van der Waals surface area contributed by atoms with E-state index < -0.39 is 49.4 Å². The number of anilines is 2. The maximum Gasteiger partial charge on any atom is 0.317 e. The highest BCUT2D eigenvalue weighted by Gasteiger charge is 2.20. The van der Waals surface area contributed by atoms with E-state index in [2.05, 4.69) is 20.6 Å². The van der Waals surface area contributed by atoms with Crippen LogP contribution in [0.5, 0.6) is 0 Å². The zero-order chi connectivity index (χ0) is 33.8. The van der Waals surface area contributed by atoms with Gasteiger partial charge in [-0.05, 0) is 24.3 Å². The third kappa shape index (κ3) is 10.8. The van der Waals surface area contributed by atoms with Crippen LogP contribution in [0.15, 0.2) is 73.1 Å². The SMILES string of the molecule is O=C(O)CN(CCN(CC(=O)O)CC(=O)Nc1cccc2cccnc12)CCN(CC(=O)O)CC(=O)Nc1cccc2cccnc12. The molecule has 0 saturated carbocycles. The topological polar surface area (TPSA) is 206 Å². The van der Waals surface area contributed by atoms with Crippen LogP contribution in [-0.4, -0.2) is 129 Å². The van der Waals surface area contributed by atoms with E-state index >= 15 is 0 Å². The molecule has 246 valence electrons. The Balaban J connectivity index is 1.37. The van der Waals surface area contributed by atoms with Crippen LogP contribution in [0.25, 0.3) is 21.8 Å². The molecule has 0 aliphatic carbocycles. The molecule has 0 atom stereocenters. The Morgan fingerprint density at radius 1 is 0.511 bits per heavy atom. The Bertz CT molecular complexity index is 1620. The summed E-state index contributed by atoms with van der Waals surface area (Å²) in [6.07, 6.45) is 3.19. The first-order chi connectivity index (χ1) is 22.6. The van der Waals surface area contributed by atoms with Gasteiger partial charge in [-0.3, -0.25) is 48.6 Å². The predicted octanol–water partition coefficient (Wildman–Crippen LogP) is 1.52. The number of hydrogen-bond donors (Lipinski definition) is 5. The summed E-state index contributed by atoms with van der Waals surface area (Å²) in [6.45, 7) is -1.80. The molecule has 0 aliphatic heterocycles. The summed E-state index contributed by atoms with van der Waals surface area (Å²) in [5.74, 6) is -4.45. The van der Waals surface area contributed by atoms with Gasteiger partial charge in [-0.25, -0.2) is 0 Å². The van der Waals surface area contributed by atoms with Crippen molar-refractivity contribution in [2.24, 2.45) is 0 Å². The lowest BCUT2D eigenvalue weighted by Gasteiger charge is -2.28. The first-order valence-electron chi connectivity index (χ1n) is 14.7. The highest BCUT2D eigenvalue weighted by molar-refractivity contribution is 6.02. The van der Waals surface area contributed by atoms with Gasteiger partial charge in [-0.15, -0.1) is 0 Å². The average molecular weight is 646 g/mol. The molecule has 2 amide bonds. The summed E-state index contributed by atoms with van der Waals surface area (Å²) in [5.41, 5.74) is 2.09. The normalized spacial score (nSPS) is 11.3. The molecule has 2 aromatic heterocycles.